The Hall–Kier alpha value is -0.960. The third-order valence-corrected chi connectivity index (χ3v) is 2.81. The summed E-state index contributed by atoms with van der Waals surface area (Å²) in [6, 6.07) is 3.49. The molecule has 1 aliphatic rings. The molecule has 1 unspecified atom stereocenters. The summed E-state index contributed by atoms with van der Waals surface area (Å²) in [6.07, 6.45) is 4.88. The summed E-state index contributed by atoms with van der Waals surface area (Å²) in [5.41, 5.74) is 0.582. The Kier molecular flexibility index (Phi) is 2.77. The molecule has 14 heavy (non-hydrogen) atoms. The van der Waals surface area contributed by atoms with Crippen molar-refractivity contribution in [3.63, 3.8) is 0 Å². The maximum atomic E-state index is 13.3. The zero-order valence-corrected chi connectivity index (χ0v) is 8.33. The third-order valence-electron chi connectivity index (χ3n) is 2.81. The molecule has 0 saturated heterocycles. The minimum Gasteiger partial charge on any atom is -0.316 e. The molecule has 1 aliphatic carbocycles. The van der Waals surface area contributed by atoms with Crippen molar-refractivity contribution < 1.29 is 4.39 Å². The molecule has 2 rings (SSSR count). The van der Waals surface area contributed by atoms with Crippen LogP contribution in [0.15, 0.2) is 18.3 Å². The molecule has 3 heteroatoms. The highest BCUT2D eigenvalue weighted by Crippen LogP contribution is 2.33. The molecule has 1 aromatic rings. The molecule has 2 nitrogen and oxygen atoms in total. The van der Waals surface area contributed by atoms with Crippen molar-refractivity contribution in [1.29, 1.82) is 0 Å². The number of hydrogen-bond acceptors (Lipinski definition) is 2. The number of likely N-dealkylation sites (N-methyl/N-ethyl adjacent to an activating group) is 1. The van der Waals surface area contributed by atoms with Gasteiger partial charge in [-0.3, -0.25) is 4.98 Å². The predicted octanol–water partition coefficient (Wildman–Crippen LogP) is 1.76. The van der Waals surface area contributed by atoms with Crippen LogP contribution in [0.1, 0.15) is 18.5 Å². The second-order valence-corrected chi connectivity index (χ2v) is 3.87. The van der Waals surface area contributed by atoms with Crippen molar-refractivity contribution >= 4 is 0 Å². The molecule has 1 fully saturated rings. The smallest absolute Gasteiger partial charge is 0.144 e. The molecular weight excluding hydrogens is 179 g/mol. The Morgan fingerprint density at radius 1 is 1.64 bits per heavy atom. The van der Waals surface area contributed by atoms with Crippen molar-refractivity contribution in [2.45, 2.75) is 25.3 Å². The van der Waals surface area contributed by atoms with E-state index in [0.717, 1.165) is 5.92 Å². The summed E-state index contributed by atoms with van der Waals surface area (Å²) < 4.78 is 13.3. The molecule has 1 atom stereocenters. The fraction of sp³-hybridized carbons (Fsp3) is 0.545. The van der Waals surface area contributed by atoms with Gasteiger partial charge in [0, 0.05) is 18.7 Å². The predicted molar refractivity (Wildman–Crippen MR) is 53.5 cm³/mol. The van der Waals surface area contributed by atoms with Crippen LogP contribution >= 0.6 is 0 Å². The topological polar surface area (TPSA) is 24.9 Å². The van der Waals surface area contributed by atoms with E-state index in [1.165, 1.54) is 18.9 Å². The first-order valence-electron chi connectivity index (χ1n) is 5.08. The van der Waals surface area contributed by atoms with Crippen molar-refractivity contribution in [2.75, 3.05) is 7.05 Å². The van der Waals surface area contributed by atoms with Crippen LogP contribution in [0.4, 0.5) is 4.39 Å². The average molecular weight is 194 g/mol. The number of rotatable bonds is 4. The van der Waals surface area contributed by atoms with E-state index in [2.05, 4.69) is 10.3 Å². The first-order chi connectivity index (χ1) is 6.81. The Morgan fingerprint density at radius 2 is 2.43 bits per heavy atom. The number of nitrogens with zero attached hydrogens (tertiary/aromatic N) is 1. The van der Waals surface area contributed by atoms with E-state index >= 15 is 0 Å². The first-order valence-corrected chi connectivity index (χ1v) is 5.08. The van der Waals surface area contributed by atoms with Gasteiger partial charge in [0.15, 0.2) is 0 Å². The lowest BCUT2D eigenvalue weighted by Gasteiger charge is -2.14. The molecule has 0 amide bonds. The second-order valence-electron chi connectivity index (χ2n) is 3.87. The summed E-state index contributed by atoms with van der Waals surface area (Å²) in [5.74, 6) is 0.537. The summed E-state index contributed by atoms with van der Waals surface area (Å²) in [7, 11) is 1.93. The number of hydrogen-bond donors (Lipinski definition) is 1. The van der Waals surface area contributed by atoms with Crippen LogP contribution < -0.4 is 5.32 Å². The fourth-order valence-corrected chi connectivity index (χ4v) is 1.78. The molecule has 0 aliphatic heterocycles. The van der Waals surface area contributed by atoms with E-state index in [0.29, 0.717) is 18.2 Å². The minimum absolute atomic E-state index is 0.187. The molecular formula is C11H15FN2. The lowest BCUT2D eigenvalue weighted by atomic mass is 10.1. The Bertz CT molecular complexity index is 310. The van der Waals surface area contributed by atoms with Gasteiger partial charge in [0.1, 0.15) is 5.82 Å². The quantitative estimate of drug-likeness (QED) is 0.790. The van der Waals surface area contributed by atoms with Crippen molar-refractivity contribution in [3.8, 4) is 0 Å². The van der Waals surface area contributed by atoms with E-state index in [1.807, 2.05) is 7.05 Å². The number of pyridine rings is 1. The summed E-state index contributed by atoms with van der Waals surface area (Å²) in [6.45, 7) is 0. The Balaban J connectivity index is 2.04. The molecule has 76 valence electrons. The largest absolute Gasteiger partial charge is 0.316 e. The molecule has 1 heterocycles. The molecule has 1 aromatic heterocycles. The van der Waals surface area contributed by atoms with E-state index in [4.69, 9.17) is 0 Å². The Labute approximate surface area is 83.6 Å². The van der Waals surface area contributed by atoms with Crippen LogP contribution in [0, 0.1) is 11.7 Å². The summed E-state index contributed by atoms with van der Waals surface area (Å²) in [5, 5.41) is 3.23. The highest BCUT2D eigenvalue weighted by atomic mass is 19.1. The van der Waals surface area contributed by atoms with Crippen LogP contribution in [0.5, 0.6) is 0 Å². The van der Waals surface area contributed by atoms with Crippen LogP contribution in [0.2, 0.25) is 0 Å². The normalized spacial score (nSPS) is 18.1. The number of halogens is 1. The first kappa shape index (κ1) is 9.59. The lowest BCUT2D eigenvalue weighted by Crippen LogP contribution is -2.30. The van der Waals surface area contributed by atoms with Gasteiger partial charge in [0.2, 0.25) is 0 Å². The van der Waals surface area contributed by atoms with Crippen LogP contribution in [0.25, 0.3) is 0 Å². The lowest BCUT2D eigenvalue weighted by molar-refractivity contribution is 0.480. The van der Waals surface area contributed by atoms with Gasteiger partial charge < -0.3 is 5.32 Å². The molecule has 0 aromatic carbocycles. The zero-order chi connectivity index (χ0) is 9.97. The fourth-order valence-electron chi connectivity index (χ4n) is 1.78. The molecule has 0 radical (unpaired) electrons. The molecule has 0 spiro atoms. The van der Waals surface area contributed by atoms with Crippen molar-refractivity contribution in [2.24, 2.45) is 5.92 Å². The highest BCUT2D eigenvalue weighted by Gasteiger charge is 2.30. The summed E-state index contributed by atoms with van der Waals surface area (Å²) in [4.78, 5) is 4.06. The second kappa shape index (κ2) is 4.05. The van der Waals surface area contributed by atoms with Crippen LogP contribution in [-0.2, 0) is 6.42 Å². The van der Waals surface area contributed by atoms with E-state index in [-0.39, 0.29) is 5.82 Å². The highest BCUT2D eigenvalue weighted by molar-refractivity contribution is 5.09. The van der Waals surface area contributed by atoms with E-state index in [9.17, 15) is 4.39 Å². The number of aromatic nitrogens is 1. The minimum atomic E-state index is -0.187. The van der Waals surface area contributed by atoms with Crippen molar-refractivity contribution in [3.05, 3.63) is 29.8 Å². The van der Waals surface area contributed by atoms with Gasteiger partial charge in [0.25, 0.3) is 0 Å². The average Bonchev–Trinajstić information content (AvgIpc) is 3.00. The van der Waals surface area contributed by atoms with Gasteiger partial charge in [-0.1, -0.05) is 0 Å². The third kappa shape index (κ3) is 2.10. The molecule has 1 saturated carbocycles. The Morgan fingerprint density at radius 3 is 3.00 bits per heavy atom. The van der Waals surface area contributed by atoms with Crippen molar-refractivity contribution in [1.82, 2.24) is 10.3 Å². The zero-order valence-electron chi connectivity index (χ0n) is 8.33. The van der Waals surface area contributed by atoms with Gasteiger partial charge in [-0.25, -0.2) is 4.39 Å². The van der Waals surface area contributed by atoms with Crippen LogP contribution in [0.3, 0.4) is 0 Å². The van der Waals surface area contributed by atoms with E-state index in [1.54, 1.807) is 12.3 Å². The summed E-state index contributed by atoms with van der Waals surface area (Å²) >= 11 is 0. The molecule has 0 bridgehead atoms. The SMILES string of the molecule is CNC(Cc1ncccc1F)C1CC1. The van der Waals surface area contributed by atoms with Gasteiger partial charge in [0.05, 0.1) is 5.69 Å². The van der Waals surface area contributed by atoms with E-state index < -0.39 is 0 Å². The maximum absolute atomic E-state index is 13.3. The van der Waals surface area contributed by atoms with Gasteiger partial charge in [-0.05, 0) is 37.9 Å². The molecule has 1 N–H and O–H groups in total. The van der Waals surface area contributed by atoms with Gasteiger partial charge in [-0.2, -0.15) is 0 Å². The van der Waals surface area contributed by atoms with Gasteiger partial charge in [-0.15, -0.1) is 0 Å². The number of nitrogens with one attached hydrogen (secondary N) is 1. The standard InChI is InChI=1S/C11H15FN2/c1-13-10(8-4-5-8)7-11-9(12)3-2-6-14-11/h2-3,6,8,10,13H,4-5,7H2,1H3. The van der Waals surface area contributed by atoms with Crippen LogP contribution in [-0.4, -0.2) is 18.1 Å². The van der Waals surface area contributed by atoms with Gasteiger partial charge >= 0.3 is 0 Å². The monoisotopic (exact) mass is 194 g/mol. The maximum Gasteiger partial charge on any atom is 0.144 e.